The lowest BCUT2D eigenvalue weighted by atomic mass is 10.1. The monoisotopic (exact) mass is 250 g/mol. The van der Waals surface area contributed by atoms with Crippen molar-refractivity contribution in [1.82, 2.24) is 10.5 Å². The molecule has 0 atom stereocenters. The summed E-state index contributed by atoms with van der Waals surface area (Å²) in [5.41, 5.74) is 0.800. The molecular weight excluding hydrogens is 236 g/mol. The minimum Gasteiger partial charge on any atom is -0.463 e. The molecule has 0 unspecified atom stereocenters. The van der Waals surface area contributed by atoms with Gasteiger partial charge in [-0.3, -0.25) is 4.79 Å². The topological polar surface area (TPSA) is 77.5 Å². The Morgan fingerprint density at radius 3 is 3.06 bits per heavy atom. The maximum atomic E-state index is 12.0. The van der Waals surface area contributed by atoms with Crippen LogP contribution in [0.1, 0.15) is 16.1 Å². The van der Waals surface area contributed by atoms with Gasteiger partial charge in [-0.25, -0.2) is 0 Å². The van der Waals surface area contributed by atoms with Crippen molar-refractivity contribution in [3.63, 3.8) is 0 Å². The van der Waals surface area contributed by atoms with E-state index in [9.17, 15) is 4.79 Å². The van der Waals surface area contributed by atoms with E-state index in [4.69, 9.17) is 13.7 Å². The molecule has 6 nitrogen and oxygen atoms in total. The highest BCUT2D eigenvalue weighted by Gasteiger charge is 2.22. The van der Waals surface area contributed by atoms with E-state index in [1.165, 1.54) is 6.26 Å². The van der Waals surface area contributed by atoms with Gasteiger partial charge in [0.2, 0.25) is 0 Å². The standard InChI is InChI=1S/C12H14N2O4/c1-8-10(12(15)13-5-7-16-2)11(14-18-8)9-4-3-6-17-9/h3-4,6H,5,7H2,1-2H3,(H,13,15). The van der Waals surface area contributed by atoms with Crippen LogP contribution in [0.4, 0.5) is 0 Å². The van der Waals surface area contributed by atoms with Crippen molar-refractivity contribution in [1.29, 1.82) is 0 Å². The largest absolute Gasteiger partial charge is 0.463 e. The predicted octanol–water partition coefficient (Wildman–Crippen LogP) is 1.62. The Morgan fingerprint density at radius 2 is 2.39 bits per heavy atom. The van der Waals surface area contributed by atoms with Crippen LogP contribution in [-0.4, -0.2) is 31.3 Å². The van der Waals surface area contributed by atoms with Crippen molar-refractivity contribution in [2.24, 2.45) is 0 Å². The van der Waals surface area contributed by atoms with Crippen molar-refractivity contribution >= 4 is 5.91 Å². The summed E-state index contributed by atoms with van der Waals surface area (Å²) in [5.74, 6) is 0.706. The van der Waals surface area contributed by atoms with Crippen LogP contribution in [0.3, 0.4) is 0 Å². The van der Waals surface area contributed by atoms with E-state index >= 15 is 0 Å². The number of hydrogen-bond acceptors (Lipinski definition) is 5. The lowest BCUT2D eigenvalue weighted by Crippen LogP contribution is -2.27. The summed E-state index contributed by atoms with van der Waals surface area (Å²) >= 11 is 0. The maximum Gasteiger partial charge on any atom is 0.257 e. The number of methoxy groups -OCH3 is 1. The lowest BCUT2D eigenvalue weighted by Gasteiger charge is -2.03. The minimum absolute atomic E-state index is 0.253. The molecule has 2 aromatic heterocycles. The number of aromatic nitrogens is 1. The van der Waals surface area contributed by atoms with Gasteiger partial charge in [-0.2, -0.15) is 0 Å². The number of carbonyl (C=O) groups excluding carboxylic acids is 1. The van der Waals surface area contributed by atoms with E-state index in [2.05, 4.69) is 10.5 Å². The minimum atomic E-state index is -0.253. The first-order chi connectivity index (χ1) is 8.74. The molecule has 2 rings (SSSR count). The summed E-state index contributed by atoms with van der Waals surface area (Å²) in [4.78, 5) is 12.0. The molecule has 18 heavy (non-hydrogen) atoms. The summed E-state index contributed by atoms with van der Waals surface area (Å²) in [5, 5.41) is 6.57. The molecule has 0 aliphatic carbocycles. The molecule has 0 spiro atoms. The summed E-state index contributed by atoms with van der Waals surface area (Å²) in [6.07, 6.45) is 1.52. The van der Waals surface area contributed by atoms with Gasteiger partial charge in [0.15, 0.2) is 11.5 Å². The number of carbonyl (C=O) groups is 1. The first kappa shape index (κ1) is 12.4. The Morgan fingerprint density at radius 1 is 1.56 bits per heavy atom. The molecule has 1 amide bonds. The van der Waals surface area contributed by atoms with Crippen LogP contribution in [0.15, 0.2) is 27.3 Å². The zero-order valence-corrected chi connectivity index (χ0v) is 10.2. The molecule has 0 bridgehead atoms. The Bertz CT molecular complexity index is 516. The number of hydrogen-bond donors (Lipinski definition) is 1. The summed E-state index contributed by atoms with van der Waals surface area (Å²) in [6.45, 7) is 2.56. The van der Waals surface area contributed by atoms with Crippen LogP contribution in [0.5, 0.6) is 0 Å². The number of nitrogens with one attached hydrogen (secondary N) is 1. The second-order valence-electron chi connectivity index (χ2n) is 3.69. The molecule has 2 aromatic rings. The van der Waals surface area contributed by atoms with Crippen molar-refractivity contribution in [2.75, 3.05) is 20.3 Å². The van der Waals surface area contributed by atoms with Crippen molar-refractivity contribution < 1.29 is 18.5 Å². The number of amides is 1. The second kappa shape index (κ2) is 5.50. The third-order valence-corrected chi connectivity index (χ3v) is 2.44. The molecular formula is C12H14N2O4. The fourth-order valence-corrected chi connectivity index (χ4v) is 1.58. The molecule has 0 saturated carbocycles. The number of aryl methyl sites for hydroxylation is 1. The first-order valence-corrected chi connectivity index (χ1v) is 5.51. The number of rotatable bonds is 5. The van der Waals surface area contributed by atoms with Gasteiger partial charge in [-0.15, -0.1) is 0 Å². The van der Waals surface area contributed by atoms with E-state index in [0.717, 1.165) is 0 Å². The molecule has 1 N–H and O–H groups in total. The van der Waals surface area contributed by atoms with Crippen molar-refractivity contribution in [3.05, 3.63) is 29.7 Å². The van der Waals surface area contributed by atoms with Crippen molar-refractivity contribution in [2.45, 2.75) is 6.92 Å². The average molecular weight is 250 g/mol. The van der Waals surface area contributed by atoms with Gasteiger partial charge in [-0.05, 0) is 19.1 Å². The van der Waals surface area contributed by atoms with Gasteiger partial charge in [0.05, 0.1) is 12.9 Å². The zero-order chi connectivity index (χ0) is 13.0. The Balaban J connectivity index is 2.22. The SMILES string of the molecule is COCCNC(=O)c1c(-c2ccco2)noc1C. The van der Waals surface area contributed by atoms with Gasteiger partial charge in [-0.1, -0.05) is 5.16 Å². The third kappa shape index (κ3) is 2.43. The van der Waals surface area contributed by atoms with Gasteiger partial charge >= 0.3 is 0 Å². The van der Waals surface area contributed by atoms with E-state index in [1.807, 2.05) is 0 Å². The highest BCUT2D eigenvalue weighted by atomic mass is 16.5. The van der Waals surface area contributed by atoms with E-state index in [-0.39, 0.29) is 5.91 Å². The number of furan rings is 1. The smallest absolute Gasteiger partial charge is 0.257 e. The number of nitrogens with zero attached hydrogens (tertiary/aromatic N) is 1. The van der Waals surface area contributed by atoms with Gasteiger partial charge in [0, 0.05) is 13.7 Å². The maximum absolute atomic E-state index is 12.0. The molecule has 0 fully saturated rings. The van der Waals surface area contributed by atoms with E-state index in [0.29, 0.717) is 35.9 Å². The molecule has 6 heteroatoms. The first-order valence-electron chi connectivity index (χ1n) is 5.51. The molecule has 2 heterocycles. The second-order valence-corrected chi connectivity index (χ2v) is 3.69. The molecule has 0 saturated heterocycles. The van der Waals surface area contributed by atoms with Gasteiger partial charge < -0.3 is 19.0 Å². The van der Waals surface area contributed by atoms with Gasteiger partial charge in [0.1, 0.15) is 11.3 Å². The number of ether oxygens (including phenoxy) is 1. The molecule has 0 radical (unpaired) electrons. The van der Waals surface area contributed by atoms with Crippen molar-refractivity contribution in [3.8, 4) is 11.5 Å². The predicted molar refractivity (Wildman–Crippen MR) is 63.2 cm³/mol. The summed E-state index contributed by atoms with van der Waals surface area (Å²) in [7, 11) is 1.57. The van der Waals surface area contributed by atoms with Crippen LogP contribution in [-0.2, 0) is 4.74 Å². The van der Waals surface area contributed by atoms with Crippen LogP contribution in [0.25, 0.3) is 11.5 Å². The van der Waals surface area contributed by atoms with Crippen LogP contribution in [0, 0.1) is 6.92 Å². The fourth-order valence-electron chi connectivity index (χ4n) is 1.58. The van der Waals surface area contributed by atoms with E-state index < -0.39 is 0 Å². The average Bonchev–Trinajstić information content (AvgIpc) is 2.97. The Hall–Kier alpha value is -2.08. The third-order valence-electron chi connectivity index (χ3n) is 2.44. The highest BCUT2D eigenvalue weighted by Crippen LogP contribution is 2.25. The van der Waals surface area contributed by atoms with Crippen LogP contribution < -0.4 is 5.32 Å². The zero-order valence-electron chi connectivity index (χ0n) is 10.2. The van der Waals surface area contributed by atoms with Crippen LogP contribution in [0.2, 0.25) is 0 Å². The lowest BCUT2D eigenvalue weighted by molar-refractivity contribution is 0.0936. The fraction of sp³-hybridized carbons (Fsp3) is 0.333. The molecule has 0 aliphatic heterocycles. The Labute approximate surface area is 104 Å². The van der Waals surface area contributed by atoms with Gasteiger partial charge in [0.25, 0.3) is 5.91 Å². The molecule has 0 aromatic carbocycles. The summed E-state index contributed by atoms with van der Waals surface area (Å²) < 4.78 is 15.1. The quantitative estimate of drug-likeness (QED) is 0.816. The highest BCUT2D eigenvalue weighted by molar-refractivity contribution is 6.00. The molecule has 0 aliphatic rings. The van der Waals surface area contributed by atoms with Crippen LogP contribution >= 0.6 is 0 Å². The summed E-state index contributed by atoms with van der Waals surface area (Å²) in [6, 6.07) is 3.45. The molecule has 96 valence electrons. The van der Waals surface area contributed by atoms with E-state index in [1.54, 1.807) is 26.2 Å². The Kier molecular flexibility index (Phi) is 3.78. The normalized spacial score (nSPS) is 10.6.